The zero-order valence-electron chi connectivity index (χ0n) is 15.9. The Morgan fingerprint density at radius 2 is 1.74 bits per heavy atom. The lowest BCUT2D eigenvalue weighted by molar-refractivity contribution is -0.147. The summed E-state index contributed by atoms with van der Waals surface area (Å²) in [4.78, 5) is 24.4. The summed E-state index contributed by atoms with van der Waals surface area (Å²) in [6.45, 7) is 6.02. The average Bonchev–Trinajstić information content (AvgIpc) is 2.64. The highest BCUT2D eigenvalue weighted by Crippen LogP contribution is 2.12. The van der Waals surface area contributed by atoms with Crippen LogP contribution in [0.1, 0.15) is 19.4 Å². The number of amides is 2. The van der Waals surface area contributed by atoms with Crippen molar-refractivity contribution < 1.29 is 19.1 Å². The number of para-hydroxylation sites is 1. The largest absolute Gasteiger partial charge is 0.490 e. The van der Waals surface area contributed by atoms with Crippen LogP contribution in [0.5, 0.6) is 5.75 Å². The van der Waals surface area contributed by atoms with E-state index in [1.165, 1.54) is 0 Å². The number of rotatable bonds is 8. The molecule has 0 saturated heterocycles. The summed E-state index contributed by atoms with van der Waals surface area (Å²) < 4.78 is 10.8. The standard InChI is InChI=1S/C21H26N2O4/c1-15(2)19(23-21(25)22-17-9-5-4-6-10-17)20(24)27-13-12-26-18-11-7-8-16(3)14-18/h4-11,14-15,19H,12-13H2,1-3H3,(H2,22,23,25)/t19-/m1/s1. The lowest BCUT2D eigenvalue weighted by Crippen LogP contribution is -2.47. The third kappa shape index (κ3) is 7.01. The first-order chi connectivity index (χ1) is 13.0. The quantitative estimate of drug-likeness (QED) is 0.548. The van der Waals surface area contributed by atoms with Crippen LogP contribution in [0.2, 0.25) is 0 Å². The molecule has 0 heterocycles. The molecule has 0 aliphatic heterocycles. The summed E-state index contributed by atoms with van der Waals surface area (Å²) in [5, 5.41) is 5.36. The molecule has 2 amide bonds. The van der Waals surface area contributed by atoms with Gasteiger partial charge in [0.15, 0.2) is 0 Å². The number of urea groups is 1. The van der Waals surface area contributed by atoms with Gasteiger partial charge >= 0.3 is 12.0 Å². The zero-order chi connectivity index (χ0) is 19.6. The highest BCUT2D eigenvalue weighted by atomic mass is 16.6. The first-order valence-electron chi connectivity index (χ1n) is 8.94. The molecule has 144 valence electrons. The summed E-state index contributed by atoms with van der Waals surface area (Å²) >= 11 is 0. The number of aryl methyl sites for hydroxylation is 1. The molecule has 2 aromatic rings. The molecule has 2 aromatic carbocycles. The van der Waals surface area contributed by atoms with E-state index in [9.17, 15) is 9.59 Å². The van der Waals surface area contributed by atoms with Gasteiger partial charge in [-0.15, -0.1) is 0 Å². The Bertz CT molecular complexity index is 747. The molecule has 2 rings (SSSR count). The van der Waals surface area contributed by atoms with Gasteiger partial charge < -0.3 is 20.1 Å². The first-order valence-corrected chi connectivity index (χ1v) is 8.94. The van der Waals surface area contributed by atoms with Gasteiger partial charge in [0.1, 0.15) is 25.0 Å². The molecular weight excluding hydrogens is 344 g/mol. The number of nitrogens with one attached hydrogen (secondary N) is 2. The van der Waals surface area contributed by atoms with Gasteiger partial charge in [-0.05, 0) is 42.7 Å². The minimum atomic E-state index is -0.743. The summed E-state index contributed by atoms with van der Waals surface area (Å²) in [6.07, 6.45) is 0. The van der Waals surface area contributed by atoms with Crippen LogP contribution in [-0.2, 0) is 9.53 Å². The molecule has 0 aliphatic rings. The molecule has 0 unspecified atom stereocenters. The topological polar surface area (TPSA) is 76.7 Å². The summed E-state index contributed by atoms with van der Waals surface area (Å²) in [7, 11) is 0. The molecule has 1 atom stereocenters. The maximum absolute atomic E-state index is 12.3. The van der Waals surface area contributed by atoms with E-state index >= 15 is 0 Å². The normalized spacial score (nSPS) is 11.6. The van der Waals surface area contributed by atoms with Crippen molar-refractivity contribution in [1.29, 1.82) is 0 Å². The summed E-state index contributed by atoms with van der Waals surface area (Å²) in [5.74, 6) is 0.129. The van der Waals surface area contributed by atoms with Gasteiger partial charge in [0.2, 0.25) is 0 Å². The third-order valence-corrected chi connectivity index (χ3v) is 3.82. The number of carbonyl (C=O) groups is 2. The Balaban J connectivity index is 1.79. The Morgan fingerprint density at radius 1 is 1.00 bits per heavy atom. The number of benzene rings is 2. The van der Waals surface area contributed by atoms with Gasteiger partial charge in [-0.2, -0.15) is 0 Å². The van der Waals surface area contributed by atoms with Crippen LogP contribution in [0, 0.1) is 12.8 Å². The number of ether oxygens (including phenoxy) is 2. The van der Waals surface area contributed by atoms with Crippen molar-refractivity contribution in [1.82, 2.24) is 5.32 Å². The van der Waals surface area contributed by atoms with Crippen LogP contribution in [0.15, 0.2) is 54.6 Å². The van der Waals surface area contributed by atoms with Crippen molar-refractivity contribution in [2.24, 2.45) is 5.92 Å². The van der Waals surface area contributed by atoms with Crippen molar-refractivity contribution in [2.45, 2.75) is 26.8 Å². The predicted molar refractivity (Wildman–Crippen MR) is 105 cm³/mol. The number of esters is 1. The molecule has 0 bridgehead atoms. The van der Waals surface area contributed by atoms with Crippen LogP contribution < -0.4 is 15.4 Å². The van der Waals surface area contributed by atoms with Crippen LogP contribution in [0.4, 0.5) is 10.5 Å². The summed E-state index contributed by atoms with van der Waals surface area (Å²) in [6, 6.07) is 15.5. The molecule has 0 aliphatic carbocycles. The van der Waals surface area contributed by atoms with E-state index in [1.54, 1.807) is 12.1 Å². The van der Waals surface area contributed by atoms with E-state index in [-0.39, 0.29) is 19.1 Å². The van der Waals surface area contributed by atoms with Crippen molar-refractivity contribution in [3.63, 3.8) is 0 Å². The van der Waals surface area contributed by atoms with Crippen molar-refractivity contribution in [2.75, 3.05) is 18.5 Å². The van der Waals surface area contributed by atoms with Crippen molar-refractivity contribution >= 4 is 17.7 Å². The fourth-order valence-corrected chi connectivity index (χ4v) is 2.42. The molecule has 6 nitrogen and oxygen atoms in total. The van der Waals surface area contributed by atoms with E-state index in [2.05, 4.69) is 10.6 Å². The van der Waals surface area contributed by atoms with Gasteiger partial charge in [-0.25, -0.2) is 9.59 Å². The van der Waals surface area contributed by atoms with Crippen LogP contribution in [-0.4, -0.2) is 31.3 Å². The van der Waals surface area contributed by atoms with E-state index in [0.29, 0.717) is 5.69 Å². The average molecular weight is 370 g/mol. The lowest BCUT2D eigenvalue weighted by Gasteiger charge is -2.21. The number of hydrogen-bond acceptors (Lipinski definition) is 4. The maximum Gasteiger partial charge on any atom is 0.329 e. The van der Waals surface area contributed by atoms with Crippen molar-refractivity contribution in [3.8, 4) is 5.75 Å². The zero-order valence-corrected chi connectivity index (χ0v) is 15.9. The Morgan fingerprint density at radius 3 is 2.41 bits per heavy atom. The Kier molecular flexibility index (Phi) is 7.67. The van der Waals surface area contributed by atoms with E-state index in [1.807, 2.05) is 63.2 Å². The highest BCUT2D eigenvalue weighted by molar-refractivity contribution is 5.92. The highest BCUT2D eigenvalue weighted by Gasteiger charge is 2.25. The minimum Gasteiger partial charge on any atom is -0.490 e. The molecule has 0 fully saturated rings. The van der Waals surface area contributed by atoms with Crippen LogP contribution in [0.25, 0.3) is 0 Å². The molecule has 0 saturated carbocycles. The number of carbonyl (C=O) groups excluding carboxylic acids is 2. The SMILES string of the molecule is Cc1cccc(OCCOC(=O)[C@H](NC(=O)Nc2ccccc2)C(C)C)c1. The first kappa shape index (κ1) is 20.3. The van der Waals surface area contributed by atoms with Crippen LogP contribution in [0.3, 0.4) is 0 Å². The fraction of sp³-hybridized carbons (Fsp3) is 0.333. The second-order valence-electron chi connectivity index (χ2n) is 6.52. The number of hydrogen-bond donors (Lipinski definition) is 2. The van der Waals surface area contributed by atoms with Gasteiger partial charge in [-0.1, -0.05) is 44.2 Å². The van der Waals surface area contributed by atoms with Crippen molar-refractivity contribution in [3.05, 3.63) is 60.2 Å². The number of anilines is 1. The van der Waals surface area contributed by atoms with Gasteiger partial charge in [0.25, 0.3) is 0 Å². The molecule has 27 heavy (non-hydrogen) atoms. The predicted octanol–water partition coefficient (Wildman–Crippen LogP) is 3.76. The van der Waals surface area contributed by atoms with Gasteiger partial charge in [0, 0.05) is 5.69 Å². The Hall–Kier alpha value is -3.02. The molecule has 2 N–H and O–H groups in total. The third-order valence-electron chi connectivity index (χ3n) is 3.82. The Labute approximate surface area is 159 Å². The van der Waals surface area contributed by atoms with E-state index < -0.39 is 18.0 Å². The van der Waals surface area contributed by atoms with E-state index in [0.717, 1.165) is 11.3 Å². The minimum absolute atomic E-state index is 0.109. The molecule has 6 heteroatoms. The van der Waals surface area contributed by atoms with E-state index in [4.69, 9.17) is 9.47 Å². The smallest absolute Gasteiger partial charge is 0.329 e. The van der Waals surface area contributed by atoms with Crippen LogP contribution >= 0.6 is 0 Å². The monoisotopic (exact) mass is 370 g/mol. The maximum atomic E-state index is 12.3. The van der Waals surface area contributed by atoms with Gasteiger partial charge in [0.05, 0.1) is 0 Å². The second-order valence-corrected chi connectivity index (χ2v) is 6.52. The lowest BCUT2D eigenvalue weighted by atomic mass is 10.1. The molecule has 0 radical (unpaired) electrons. The fourth-order valence-electron chi connectivity index (χ4n) is 2.42. The molecule has 0 aromatic heterocycles. The summed E-state index contributed by atoms with van der Waals surface area (Å²) in [5.41, 5.74) is 1.75. The second kappa shape index (κ2) is 10.2. The van der Waals surface area contributed by atoms with Gasteiger partial charge in [-0.3, -0.25) is 0 Å². The molecule has 0 spiro atoms. The molecular formula is C21H26N2O4.